The quantitative estimate of drug-likeness (QED) is 0.897. The predicted octanol–water partition coefficient (Wildman–Crippen LogP) is 1.90. The zero-order valence-electron chi connectivity index (χ0n) is 11.3. The topological polar surface area (TPSA) is 39.1 Å². The summed E-state index contributed by atoms with van der Waals surface area (Å²) in [4.78, 5) is 0. The van der Waals surface area contributed by atoms with Crippen LogP contribution in [-0.2, 0) is 16.9 Å². The first-order chi connectivity index (χ1) is 8.83. The molecule has 2 rings (SSSR count). The number of nitrogens with one attached hydrogen (secondary N) is 1. The number of alkyl halides is 3. The number of halogens is 3. The van der Waals surface area contributed by atoms with Gasteiger partial charge in [0, 0.05) is 30.9 Å². The van der Waals surface area contributed by atoms with E-state index in [4.69, 9.17) is 4.74 Å². The molecular weight excluding hydrogens is 259 g/mol. The average molecular weight is 277 g/mol. The lowest BCUT2D eigenvalue weighted by molar-refractivity contribution is -0.290. The zero-order valence-corrected chi connectivity index (χ0v) is 11.3. The summed E-state index contributed by atoms with van der Waals surface area (Å²) in [5.41, 5.74) is -1.25. The average Bonchev–Trinajstić information content (AvgIpc) is 2.64. The van der Waals surface area contributed by atoms with Gasteiger partial charge in [-0.1, -0.05) is 0 Å². The predicted molar refractivity (Wildman–Crippen MR) is 63.9 cm³/mol. The molecule has 0 spiro atoms. The maximum absolute atomic E-state index is 13.6. The van der Waals surface area contributed by atoms with E-state index in [9.17, 15) is 13.2 Å². The second-order valence-corrected chi connectivity index (χ2v) is 4.71. The van der Waals surface area contributed by atoms with Crippen LogP contribution in [0.4, 0.5) is 13.2 Å². The Morgan fingerprint density at radius 3 is 2.53 bits per heavy atom. The number of rotatable bonds is 2. The van der Waals surface area contributed by atoms with Crippen molar-refractivity contribution in [1.82, 2.24) is 15.1 Å². The highest BCUT2D eigenvalue weighted by Gasteiger charge is 2.60. The standard InChI is InChI=1S/C12H18F3N3O/c1-4-18-9(3)10(8(2)17-18)11(12(13,14)15)7-16-5-6-19-11/h16H,4-7H2,1-3H3. The van der Waals surface area contributed by atoms with Crippen molar-refractivity contribution in [2.45, 2.75) is 39.1 Å². The van der Waals surface area contributed by atoms with E-state index < -0.39 is 11.8 Å². The second kappa shape index (κ2) is 4.79. The molecule has 1 atom stereocenters. The number of aromatic nitrogens is 2. The van der Waals surface area contributed by atoms with Gasteiger partial charge in [0.2, 0.25) is 5.60 Å². The number of hydrogen-bond acceptors (Lipinski definition) is 3. The molecule has 1 fully saturated rings. The largest absolute Gasteiger partial charge is 0.423 e. The molecule has 19 heavy (non-hydrogen) atoms. The molecule has 0 radical (unpaired) electrons. The monoisotopic (exact) mass is 277 g/mol. The summed E-state index contributed by atoms with van der Waals surface area (Å²) in [5, 5.41) is 6.95. The Bertz CT molecular complexity index is 462. The van der Waals surface area contributed by atoms with Gasteiger partial charge in [0.25, 0.3) is 0 Å². The highest BCUT2D eigenvalue weighted by molar-refractivity contribution is 5.34. The first-order valence-corrected chi connectivity index (χ1v) is 6.29. The van der Waals surface area contributed by atoms with Crippen LogP contribution in [0.15, 0.2) is 0 Å². The molecular formula is C12H18F3N3O. The number of ether oxygens (including phenoxy) is 1. The lowest BCUT2D eigenvalue weighted by Gasteiger charge is -2.39. The van der Waals surface area contributed by atoms with Crippen molar-refractivity contribution in [3.8, 4) is 0 Å². The Balaban J connectivity index is 2.59. The molecule has 1 N–H and O–H groups in total. The van der Waals surface area contributed by atoms with E-state index in [1.165, 1.54) is 0 Å². The number of hydrogen-bond donors (Lipinski definition) is 1. The molecule has 4 nitrogen and oxygen atoms in total. The molecule has 1 aromatic rings. The first-order valence-electron chi connectivity index (χ1n) is 6.29. The fourth-order valence-corrected chi connectivity index (χ4v) is 2.69. The van der Waals surface area contributed by atoms with Gasteiger partial charge in [-0.25, -0.2) is 0 Å². The summed E-state index contributed by atoms with van der Waals surface area (Å²) in [6.45, 7) is 5.84. The second-order valence-electron chi connectivity index (χ2n) is 4.71. The summed E-state index contributed by atoms with van der Waals surface area (Å²) in [6, 6.07) is 0. The SMILES string of the molecule is CCn1nc(C)c(C2(C(F)(F)F)CNCCO2)c1C. The summed E-state index contributed by atoms with van der Waals surface area (Å²) in [5.74, 6) is 0. The molecule has 2 heterocycles. The molecule has 1 saturated heterocycles. The maximum atomic E-state index is 13.6. The van der Waals surface area contributed by atoms with E-state index in [-0.39, 0.29) is 18.7 Å². The van der Waals surface area contributed by atoms with E-state index >= 15 is 0 Å². The third kappa shape index (κ3) is 2.14. The van der Waals surface area contributed by atoms with Gasteiger partial charge in [0.1, 0.15) is 0 Å². The molecule has 0 aliphatic carbocycles. The molecule has 108 valence electrons. The van der Waals surface area contributed by atoms with Crippen LogP contribution >= 0.6 is 0 Å². The molecule has 1 aliphatic rings. The van der Waals surface area contributed by atoms with Gasteiger partial charge in [-0.05, 0) is 20.8 Å². The van der Waals surface area contributed by atoms with Gasteiger partial charge in [-0.2, -0.15) is 18.3 Å². The molecule has 1 aliphatic heterocycles. The zero-order chi connectivity index (χ0) is 14.3. The molecule has 0 saturated carbocycles. The van der Waals surface area contributed by atoms with Crippen molar-refractivity contribution in [2.75, 3.05) is 19.7 Å². The van der Waals surface area contributed by atoms with Crippen LogP contribution < -0.4 is 5.32 Å². The van der Waals surface area contributed by atoms with Gasteiger partial charge >= 0.3 is 6.18 Å². The Labute approximate surface area is 109 Å². The Kier molecular flexibility index (Phi) is 3.61. The lowest BCUT2D eigenvalue weighted by atomic mass is 9.89. The summed E-state index contributed by atoms with van der Waals surface area (Å²) in [6.07, 6.45) is -4.47. The van der Waals surface area contributed by atoms with Crippen molar-refractivity contribution in [3.05, 3.63) is 17.0 Å². The highest BCUT2D eigenvalue weighted by Crippen LogP contribution is 2.45. The molecule has 0 aromatic carbocycles. The third-order valence-electron chi connectivity index (χ3n) is 3.54. The minimum atomic E-state index is -4.47. The van der Waals surface area contributed by atoms with Crippen LogP contribution in [0.25, 0.3) is 0 Å². The molecule has 7 heteroatoms. The van der Waals surface area contributed by atoms with Crippen LogP contribution in [0.5, 0.6) is 0 Å². The van der Waals surface area contributed by atoms with E-state index in [1.807, 2.05) is 6.92 Å². The normalized spacial score (nSPS) is 24.7. The van der Waals surface area contributed by atoms with E-state index in [1.54, 1.807) is 18.5 Å². The van der Waals surface area contributed by atoms with Crippen LogP contribution in [0.1, 0.15) is 23.9 Å². The van der Waals surface area contributed by atoms with Crippen LogP contribution in [0, 0.1) is 13.8 Å². The Hall–Kier alpha value is -1.08. The minimum absolute atomic E-state index is 0.0374. The van der Waals surface area contributed by atoms with Crippen molar-refractivity contribution < 1.29 is 17.9 Å². The van der Waals surface area contributed by atoms with E-state index in [2.05, 4.69) is 10.4 Å². The summed E-state index contributed by atoms with van der Waals surface area (Å²) >= 11 is 0. The fraction of sp³-hybridized carbons (Fsp3) is 0.750. The van der Waals surface area contributed by atoms with E-state index in [0.29, 0.717) is 24.5 Å². The minimum Gasteiger partial charge on any atom is -0.358 e. The summed E-state index contributed by atoms with van der Waals surface area (Å²) in [7, 11) is 0. The number of aryl methyl sites for hydroxylation is 2. The molecule has 1 aromatic heterocycles. The van der Waals surface area contributed by atoms with Crippen molar-refractivity contribution in [3.63, 3.8) is 0 Å². The van der Waals surface area contributed by atoms with Gasteiger partial charge in [-0.15, -0.1) is 0 Å². The lowest BCUT2D eigenvalue weighted by Crippen LogP contribution is -2.56. The Morgan fingerprint density at radius 1 is 1.42 bits per heavy atom. The number of morpholine rings is 1. The van der Waals surface area contributed by atoms with Crippen LogP contribution in [0.2, 0.25) is 0 Å². The fourth-order valence-electron chi connectivity index (χ4n) is 2.69. The molecule has 0 amide bonds. The van der Waals surface area contributed by atoms with Gasteiger partial charge in [0.05, 0.1) is 12.3 Å². The van der Waals surface area contributed by atoms with Crippen molar-refractivity contribution in [2.24, 2.45) is 0 Å². The summed E-state index contributed by atoms with van der Waals surface area (Å²) < 4.78 is 47.4. The van der Waals surface area contributed by atoms with Gasteiger partial charge in [0.15, 0.2) is 0 Å². The van der Waals surface area contributed by atoms with Gasteiger partial charge < -0.3 is 10.1 Å². The van der Waals surface area contributed by atoms with Crippen LogP contribution in [-0.4, -0.2) is 35.7 Å². The van der Waals surface area contributed by atoms with E-state index in [0.717, 1.165) is 0 Å². The smallest absolute Gasteiger partial charge is 0.358 e. The van der Waals surface area contributed by atoms with Crippen molar-refractivity contribution in [1.29, 1.82) is 0 Å². The van der Waals surface area contributed by atoms with Crippen LogP contribution in [0.3, 0.4) is 0 Å². The first kappa shape index (κ1) is 14.3. The van der Waals surface area contributed by atoms with Gasteiger partial charge in [-0.3, -0.25) is 4.68 Å². The highest BCUT2D eigenvalue weighted by atomic mass is 19.4. The number of nitrogens with zero attached hydrogens (tertiary/aromatic N) is 2. The third-order valence-corrected chi connectivity index (χ3v) is 3.54. The van der Waals surface area contributed by atoms with Crippen molar-refractivity contribution >= 4 is 0 Å². The molecule has 1 unspecified atom stereocenters. The maximum Gasteiger partial charge on any atom is 0.423 e. The Morgan fingerprint density at radius 2 is 2.11 bits per heavy atom. The molecule has 0 bridgehead atoms.